The number of anilines is 2. The summed E-state index contributed by atoms with van der Waals surface area (Å²) in [5.74, 6) is 0. The summed E-state index contributed by atoms with van der Waals surface area (Å²) >= 11 is 0. The van der Waals surface area contributed by atoms with Crippen LogP contribution in [0.25, 0.3) is 0 Å². The number of piperidine rings is 1. The molecule has 0 radical (unpaired) electrons. The van der Waals surface area contributed by atoms with Gasteiger partial charge < -0.3 is 4.90 Å². The Morgan fingerprint density at radius 1 is 1.11 bits per heavy atom. The Bertz CT molecular complexity index is 502. The molecule has 1 aromatic rings. The minimum atomic E-state index is -3.41. The summed E-state index contributed by atoms with van der Waals surface area (Å²) in [7, 11) is -3.41. The van der Waals surface area contributed by atoms with E-state index in [9.17, 15) is 8.42 Å². The summed E-state index contributed by atoms with van der Waals surface area (Å²) < 4.78 is 25.1. The second kappa shape index (κ2) is 5.44. The van der Waals surface area contributed by atoms with Crippen molar-refractivity contribution < 1.29 is 8.42 Å². The fraction of sp³-hybridized carbons (Fsp3) is 0.385. The molecule has 1 saturated heterocycles. The van der Waals surface area contributed by atoms with Crippen LogP contribution in [0.5, 0.6) is 0 Å². The van der Waals surface area contributed by atoms with Crippen molar-refractivity contribution in [3.05, 3.63) is 36.3 Å². The van der Waals surface area contributed by atoms with Crippen LogP contribution in [0.2, 0.25) is 0 Å². The fourth-order valence-corrected chi connectivity index (χ4v) is 2.65. The van der Waals surface area contributed by atoms with Gasteiger partial charge in [-0.3, -0.25) is 4.72 Å². The first-order valence-electron chi connectivity index (χ1n) is 6.11. The number of sulfonamides is 1. The smallest absolute Gasteiger partial charge is 0.254 e. The van der Waals surface area contributed by atoms with Gasteiger partial charge in [0.2, 0.25) is 0 Å². The van der Waals surface area contributed by atoms with Crippen LogP contribution in [0.1, 0.15) is 19.3 Å². The molecule has 0 spiro atoms. The van der Waals surface area contributed by atoms with Gasteiger partial charge in [0.1, 0.15) is 0 Å². The van der Waals surface area contributed by atoms with E-state index in [0.29, 0.717) is 5.69 Å². The van der Waals surface area contributed by atoms with Crippen molar-refractivity contribution >= 4 is 21.4 Å². The summed E-state index contributed by atoms with van der Waals surface area (Å²) in [5.41, 5.74) is 1.71. The number of nitrogens with one attached hydrogen (secondary N) is 1. The predicted octanol–water partition coefficient (Wildman–Crippen LogP) is 2.56. The van der Waals surface area contributed by atoms with Crippen LogP contribution < -0.4 is 9.62 Å². The zero-order valence-electron chi connectivity index (χ0n) is 10.3. The van der Waals surface area contributed by atoms with E-state index < -0.39 is 10.0 Å². The Labute approximate surface area is 108 Å². The van der Waals surface area contributed by atoms with Crippen LogP contribution in [0.15, 0.2) is 36.3 Å². The maximum atomic E-state index is 11.3. The molecule has 4 nitrogen and oxygen atoms in total. The van der Waals surface area contributed by atoms with E-state index in [4.69, 9.17) is 0 Å². The van der Waals surface area contributed by atoms with E-state index in [-0.39, 0.29) is 0 Å². The molecule has 2 rings (SSSR count). The van der Waals surface area contributed by atoms with E-state index in [1.165, 1.54) is 19.3 Å². The average Bonchev–Trinajstić information content (AvgIpc) is 2.40. The minimum Gasteiger partial charge on any atom is -0.372 e. The molecule has 1 fully saturated rings. The normalized spacial score (nSPS) is 16.3. The Hall–Kier alpha value is -1.49. The molecule has 0 atom stereocenters. The summed E-state index contributed by atoms with van der Waals surface area (Å²) in [6, 6.07) is 7.47. The van der Waals surface area contributed by atoms with Gasteiger partial charge in [-0.05, 0) is 43.5 Å². The first kappa shape index (κ1) is 13.0. The first-order valence-corrected chi connectivity index (χ1v) is 7.66. The monoisotopic (exact) mass is 266 g/mol. The van der Waals surface area contributed by atoms with Crippen molar-refractivity contribution in [1.82, 2.24) is 0 Å². The molecule has 1 heterocycles. The highest BCUT2D eigenvalue weighted by atomic mass is 32.2. The van der Waals surface area contributed by atoms with Crippen LogP contribution in [0, 0.1) is 0 Å². The number of rotatable bonds is 4. The lowest BCUT2D eigenvalue weighted by atomic mass is 10.1. The van der Waals surface area contributed by atoms with Gasteiger partial charge >= 0.3 is 0 Å². The molecular weight excluding hydrogens is 248 g/mol. The summed E-state index contributed by atoms with van der Waals surface area (Å²) in [6.45, 7) is 5.42. The fourth-order valence-electron chi connectivity index (χ4n) is 2.10. The molecule has 0 amide bonds. The predicted molar refractivity (Wildman–Crippen MR) is 75.2 cm³/mol. The van der Waals surface area contributed by atoms with Crippen molar-refractivity contribution in [2.75, 3.05) is 22.7 Å². The maximum Gasteiger partial charge on any atom is 0.254 e. The van der Waals surface area contributed by atoms with Crippen LogP contribution >= 0.6 is 0 Å². The quantitative estimate of drug-likeness (QED) is 0.911. The van der Waals surface area contributed by atoms with Crippen LogP contribution in [-0.4, -0.2) is 21.5 Å². The highest BCUT2D eigenvalue weighted by Crippen LogP contribution is 2.22. The van der Waals surface area contributed by atoms with E-state index in [2.05, 4.69) is 16.2 Å². The molecule has 18 heavy (non-hydrogen) atoms. The van der Waals surface area contributed by atoms with E-state index in [0.717, 1.165) is 24.2 Å². The summed E-state index contributed by atoms with van der Waals surface area (Å²) in [4.78, 5) is 2.33. The zero-order valence-corrected chi connectivity index (χ0v) is 11.1. The third kappa shape index (κ3) is 3.26. The third-order valence-electron chi connectivity index (χ3n) is 3.07. The van der Waals surface area contributed by atoms with Gasteiger partial charge in [0, 0.05) is 29.9 Å². The second-order valence-corrected chi connectivity index (χ2v) is 6.04. The lowest BCUT2D eigenvalue weighted by molar-refractivity contribution is 0.578. The Morgan fingerprint density at radius 3 is 2.28 bits per heavy atom. The average molecular weight is 266 g/mol. The molecule has 0 saturated carbocycles. The zero-order chi connectivity index (χ0) is 13.0. The number of nitrogens with zero attached hydrogens (tertiary/aromatic N) is 1. The summed E-state index contributed by atoms with van der Waals surface area (Å²) in [6.07, 6.45) is 3.75. The Balaban J connectivity index is 2.07. The highest BCUT2D eigenvalue weighted by Gasteiger charge is 2.11. The Kier molecular flexibility index (Phi) is 3.91. The first-order chi connectivity index (χ1) is 8.61. The molecular formula is C13H18N2O2S. The van der Waals surface area contributed by atoms with Crippen LogP contribution in [-0.2, 0) is 10.0 Å². The van der Waals surface area contributed by atoms with Crippen molar-refractivity contribution in [1.29, 1.82) is 0 Å². The number of benzene rings is 1. The van der Waals surface area contributed by atoms with Crippen LogP contribution in [0.3, 0.4) is 0 Å². The molecule has 0 aliphatic carbocycles. The van der Waals surface area contributed by atoms with Gasteiger partial charge in [0.05, 0.1) is 0 Å². The van der Waals surface area contributed by atoms with Gasteiger partial charge in [-0.15, -0.1) is 0 Å². The van der Waals surface area contributed by atoms with Gasteiger partial charge in [-0.1, -0.05) is 6.58 Å². The van der Waals surface area contributed by atoms with Crippen molar-refractivity contribution in [2.24, 2.45) is 0 Å². The largest absolute Gasteiger partial charge is 0.372 e. The number of hydrogen-bond acceptors (Lipinski definition) is 3. The van der Waals surface area contributed by atoms with Gasteiger partial charge in [-0.2, -0.15) is 0 Å². The van der Waals surface area contributed by atoms with E-state index in [1.54, 1.807) is 12.1 Å². The third-order valence-corrected chi connectivity index (χ3v) is 4.03. The molecule has 0 unspecified atom stereocenters. The second-order valence-electron chi connectivity index (χ2n) is 4.41. The topological polar surface area (TPSA) is 49.4 Å². The molecule has 0 bridgehead atoms. The molecule has 1 aliphatic heterocycles. The van der Waals surface area contributed by atoms with E-state index >= 15 is 0 Å². The van der Waals surface area contributed by atoms with E-state index in [1.807, 2.05) is 12.1 Å². The molecule has 0 aromatic heterocycles. The summed E-state index contributed by atoms with van der Waals surface area (Å²) in [5, 5.41) is 0.908. The maximum absolute atomic E-state index is 11.3. The molecule has 1 N–H and O–H groups in total. The standard InChI is InChI=1S/C13H18N2O2S/c1-2-18(16,17)14-12-6-8-13(9-7-12)15-10-4-3-5-11-15/h2,6-9,14H,1,3-5,10-11H2. The van der Waals surface area contributed by atoms with Crippen molar-refractivity contribution in [2.45, 2.75) is 19.3 Å². The highest BCUT2D eigenvalue weighted by molar-refractivity contribution is 7.95. The van der Waals surface area contributed by atoms with Crippen molar-refractivity contribution in [3.63, 3.8) is 0 Å². The minimum absolute atomic E-state index is 0.565. The molecule has 98 valence electrons. The Morgan fingerprint density at radius 2 is 1.72 bits per heavy atom. The van der Waals surface area contributed by atoms with Gasteiger partial charge in [-0.25, -0.2) is 8.42 Å². The lowest BCUT2D eigenvalue weighted by Crippen LogP contribution is -2.29. The SMILES string of the molecule is C=CS(=O)(=O)Nc1ccc(N2CCCCC2)cc1. The van der Waals surface area contributed by atoms with Crippen LogP contribution in [0.4, 0.5) is 11.4 Å². The molecule has 1 aliphatic rings. The van der Waals surface area contributed by atoms with Gasteiger partial charge in [0.25, 0.3) is 10.0 Å². The number of hydrogen-bond donors (Lipinski definition) is 1. The van der Waals surface area contributed by atoms with Crippen molar-refractivity contribution in [3.8, 4) is 0 Å². The molecule has 1 aromatic carbocycles. The van der Waals surface area contributed by atoms with Gasteiger partial charge in [0.15, 0.2) is 0 Å². The lowest BCUT2D eigenvalue weighted by Gasteiger charge is -2.28. The molecule has 5 heteroatoms.